The van der Waals surface area contributed by atoms with E-state index in [1.807, 2.05) is 20.8 Å². The maximum absolute atomic E-state index is 12.6. The number of benzene rings is 1. The van der Waals surface area contributed by atoms with Crippen molar-refractivity contribution in [3.05, 3.63) is 29.3 Å². The molecule has 2 aliphatic heterocycles. The molecule has 0 bridgehead atoms. The van der Waals surface area contributed by atoms with Crippen LogP contribution < -0.4 is 10.6 Å². The van der Waals surface area contributed by atoms with Crippen molar-refractivity contribution < 1.29 is 18.0 Å². The van der Waals surface area contributed by atoms with E-state index in [1.54, 1.807) is 18.2 Å². The lowest BCUT2D eigenvalue weighted by Gasteiger charge is -2.34. The van der Waals surface area contributed by atoms with Gasteiger partial charge in [0.2, 0.25) is 5.91 Å². The van der Waals surface area contributed by atoms with Crippen LogP contribution in [0.25, 0.3) is 0 Å². The van der Waals surface area contributed by atoms with E-state index in [0.717, 1.165) is 11.3 Å². The van der Waals surface area contributed by atoms with Crippen molar-refractivity contribution in [1.29, 1.82) is 0 Å². The van der Waals surface area contributed by atoms with Crippen molar-refractivity contribution in [2.45, 2.75) is 44.6 Å². The van der Waals surface area contributed by atoms with Crippen LogP contribution in [-0.4, -0.2) is 37.3 Å². The number of carbonyl (C=O) groups excluding carboxylic acids is 2. The van der Waals surface area contributed by atoms with E-state index in [4.69, 9.17) is 0 Å². The summed E-state index contributed by atoms with van der Waals surface area (Å²) in [5, 5.41) is 5.78. The Kier molecular flexibility index (Phi) is 3.75. The van der Waals surface area contributed by atoms with Crippen molar-refractivity contribution in [2.24, 2.45) is 0 Å². The Balaban J connectivity index is 1.80. The van der Waals surface area contributed by atoms with Crippen molar-refractivity contribution in [2.75, 3.05) is 16.8 Å². The van der Waals surface area contributed by atoms with Crippen molar-refractivity contribution >= 4 is 27.3 Å². The summed E-state index contributed by atoms with van der Waals surface area (Å²) in [5.41, 5.74) is 0.820. The van der Waals surface area contributed by atoms with Crippen molar-refractivity contribution in [3.8, 4) is 0 Å². The van der Waals surface area contributed by atoms with Gasteiger partial charge in [0.25, 0.3) is 5.91 Å². The summed E-state index contributed by atoms with van der Waals surface area (Å²) in [6, 6.07) is 5.16. The minimum Gasteiger partial charge on any atom is -0.347 e. The summed E-state index contributed by atoms with van der Waals surface area (Å²) in [6.45, 7) is 5.52. The quantitative estimate of drug-likeness (QED) is 0.848. The molecule has 1 aromatic carbocycles. The summed E-state index contributed by atoms with van der Waals surface area (Å²) in [4.78, 5) is 24.6. The van der Waals surface area contributed by atoms with Gasteiger partial charge in [-0.3, -0.25) is 9.59 Å². The largest absolute Gasteiger partial charge is 0.347 e. The zero-order valence-corrected chi connectivity index (χ0v) is 14.9. The highest BCUT2D eigenvalue weighted by Gasteiger charge is 2.39. The highest BCUT2D eigenvalue weighted by Crippen LogP contribution is 2.37. The number of sulfone groups is 1. The third-order valence-corrected chi connectivity index (χ3v) is 6.77. The van der Waals surface area contributed by atoms with Gasteiger partial charge in [-0.05, 0) is 57.4 Å². The summed E-state index contributed by atoms with van der Waals surface area (Å²) in [5.74, 6) is -0.131. The maximum atomic E-state index is 12.6. The van der Waals surface area contributed by atoms with E-state index in [2.05, 4.69) is 10.6 Å². The fourth-order valence-electron chi connectivity index (χ4n) is 3.17. The normalized spacial score (nSPS) is 23.2. The topological polar surface area (TPSA) is 92.3 Å². The molecule has 0 unspecified atom stereocenters. The number of hydrogen-bond acceptors (Lipinski definition) is 4. The van der Waals surface area contributed by atoms with Crippen LogP contribution in [0.2, 0.25) is 0 Å². The number of amides is 2. The molecule has 1 saturated heterocycles. The van der Waals surface area contributed by atoms with Gasteiger partial charge in [-0.1, -0.05) is 0 Å². The molecule has 2 N–H and O–H groups in total. The third-order valence-electron chi connectivity index (χ3n) is 5.12. The van der Waals surface area contributed by atoms with Gasteiger partial charge in [0.15, 0.2) is 0 Å². The van der Waals surface area contributed by atoms with Crippen LogP contribution in [0.5, 0.6) is 0 Å². The van der Waals surface area contributed by atoms with Crippen LogP contribution in [0.4, 0.5) is 5.69 Å². The summed E-state index contributed by atoms with van der Waals surface area (Å²) in [6.07, 6.45) is 0.828. The van der Waals surface area contributed by atoms with Gasteiger partial charge in [-0.2, -0.15) is 0 Å². The first-order valence-corrected chi connectivity index (χ1v) is 9.84. The molecule has 0 aliphatic carbocycles. The number of anilines is 1. The Morgan fingerprint density at radius 3 is 2.42 bits per heavy atom. The number of rotatable bonds is 2. The molecule has 7 heteroatoms. The number of nitrogens with one attached hydrogen (secondary N) is 2. The molecule has 2 amide bonds. The lowest BCUT2D eigenvalue weighted by molar-refractivity contribution is -0.119. The van der Waals surface area contributed by atoms with E-state index < -0.39 is 20.8 Å². The Labute approximate surface area is 141 Å². The molecular formula is C17H22N2O4S. The minimum absolute atomic E-state index is 0.0838. The van der Waals surface area contributed by atoms with E-state index in [-0.39, 0.29) is 23.3 Å². The van der Waals surface area contributed by atoms with Crippen LogP contribution in [-0.2, 0) is 20.0 Å². The van der Waals surface area contributed by atoms with E-state index in [1.165, 1.54) is 0 Å². The van der Waals surface area contributed by atoms with Gasteiger partial charge in [0.1, 0.15) is 9.84 Å². The van der Waals surface area contributed by atoms with E-state index in [0.29, 0.717) is 18.4 Å². The molecule has 0 spiro atoms. The highest BCUT2D eigenvalue weighted by molar-refractivity contribution is 7.91. The molecule has 1 aromatic rings. The average molecular weight is 350 g/mol. The predicted molar refractivity (Wildman–Crippen MR) is 91.9 cm³/mol. The van der Waals surface area contributed by atoms with Crippen molar-refractivity contribution in [3.63, 3.8) is 0 Å². The Morgan fingerprint density at radius 1 is 1.17 bits per heavy atom. The lowest BCUT2D eigenvalue weighted by atomic mass is 9.85. The zero-order chi connectivity index (χ0) is 17.8. The van der Waals surface area contributed by atoms with E-state index in [9.17, 15) is 18.0 Å². The SMILES string of the molecule is CC1(NC(=O)c2ccc3c(c2)C(C)(C)C(=O)N3)CCS(=O)(=O)CC1. The fraction of sp³-hybridized carbons (Fsp3) is 0.529. The summed E-state index contributed by atoms with van der Waals surface area (Å²) in [7, 11) is -2.98. The second-order valence-electron chi connectivity index (χ2n) is 7.51. The van der Waals surface area contributed by atoms with Gasteiger partial charge in [-0.25, -0.2) is 8.42 Å². The molecule has 0 atom stereocenters. The number of fused-ring (bicyclic) bond motifs is 1. The molecule has 0 radical (unpaired) electrons. The van der Waals surface area contributed by atoms with Gasteiger partial charge < -0.3 is 10.6 Å². The Morgan fingerprint density at radius 2 is 1.79 bits per heavy atom. The van der Waals surface area contributed by atoms with Crippen LogP contribution in [0.1, 0.15) is 49.5 Å². The third kappa shape index (κ3) is 2.92. The first kappa shape index (κ1) is 17.0. The zero-order valence-electron chi connectivity index (χ0n) is 14.1. The standard InChI is InChI=1S/C17H22N2O4S/c1-16(2)12-10-11(4-5-13(12)18-15(16)21)14(20)19-17(3)6-8-24(22,23)9-7-17/h4-5,10H,6-9H2,1-3H3,(H,18,21)(H,19,20). The molecule has 1 fully saturated rings. The fourth-order valence-corrected chi connectivity index (χ4v) is 4.90. The second-order valence-corrected chi connectivity index (χ2v) is 9.81. The Hall–Kier alpha value is -1.89. The summed E-state index contributed by atoms with van der Waals surface area (Å²) < 4.78 is 23.1. The highest BCUT2D eigenvalue weighted by atomic mass is 32.2. The molecule has 3 rings (SSSR count). The first-order chi connectivity index (χ1) is 11.0. The predicted octanol–water partition coefficient (Wildman–Crippen LogP) is 1.61. The van der Waals surface area contributed by atoms with Crippen molar-refractivity contribution in [1.82, 2.24) is 5.32 Å². The maximum Gasteiger partial charge on any atom is 0.251 e. The first-order valence-electron chi connectivity index (χ1n) is 8.01. The average Bonchev–Trinajstić information content (AvgIpc) is 2.73. The second kappa shape index (κ2) is 5.31. The van der Waals surface area contributed by atoms with Crippen LogP contribution in [0.3, 0.4) is 0 Å². The van der Waals surface area contributed by atoms with Crippen LogP contribution in [0, 0.1) is 0 Å². The molecule has 2 heterocycles. The lowest BCUT2D eigenvalue weighted by Crippen LogP contribution is -2.50. The van der Waals surface area contributed by atoms with Crippen LogP contribution >= 0.6 is 0 Å². The molecule has 130 valence electrons. The summed E-state index contributed by atoms with van der Waals surface area (Å²) >= 11 is 0. The minimum atomic E-state index is -2.98. The monoisotopic (exact) mass is 350 g/mol. The molecule has 24 heavy (non-hydrogen) atoms. The number of carbonyl (C=O) groups is 2. The molecule has 0 saturated carbocycles. The molecule has 6 nitrogen and oxygen atoms in total. The smallest absolute Gasteiger partial charge is 0.251 e. The van der Waals surface area contributed by atoms with Gasteiger partial charge >= 0.3 is 0 Å². The van der Waals surface area contributed by atoms with E-state index >= 15 is 0 Å². The van der Waals surface area contributed by atoms with Crippen LogP contribution in [0.15, 0.2) is 18.2 Å². The Bertz CT molecular complexity index is 813. The number of hydrogen-bond donors (Lipinski definition) is 2. The van der Waals surface area contributed by atoms with Gasteiger partial charge in [0.05, 0.1) is 16.9 Å². The molecule has 0 aromatic heterocycles. The molecular weight excluding hydrogens is 328 g/mol. The molecule has 2 aliphatic rings. The van der Waals surface area contributed by atoms with Gasteiger partial charge in [0, 0.05) is 16.8 Å². The van der Waals surface area contributed by atoms with Gasteiger partial charge in [-0.15, -0.1) is 0 Å².